The van der Waals surface area contributed by atoms with Crippen LogP contribution in [-0.2, 0) is 0 Å². The monoisotopic (exact) mass is 747 g/mol. The molecule has 0 N–H and O–H groups in total. The topological polar surface area (TPSA) is 14.3 Å². The van der Waals surface area contributed by atoms with E-state index < -0.39 is 0 Å². The van der Waals surface area contributed by atoms with Crippen LogP contribution in [0.1, 0.15) is 0 Å². The smallest absolute Gasteiger partial charge is 0.0642 e. The molecular weight excluding hydrogens is 715 g/mol. The number of aromatic nitrogens is 3. The first-order valence-electron chi connectivity index (χ1n) is 20.4. The molecule has 4 aromatic heterocycles. The van der Waals surface area contributed by atoms with Gasteiger partial charge in [-0.25, -0.2) is 0 Å². The lowest BCUT2D eigenvalue weighted by molar-refractivity contribution is 1.18. The first kappa shape index (κ1) is 31.2. The third-order valence-corrected chi connectivity index (χ3v) is 13.1. The highest BCUT2D eigenvalue weighted by molar-refractivity contribution is 6.35. The summed E-state index contributed by atoms with van der Waals surface area (Å²) >= 11 is 0. The van der Waals surface area contributed by atoms with Gasteiger partial charge in [0.25, 0.3) is 0 Å². The first-order valence-corrected chi connectivity index (χ1v) is 20.4. The highest BCUT2D eigenvalue weighted by atomic mass is 15.0. The fourth-order valence-electron chi connectivity index (χ4n) is 10.7. The maximum atomic E-state index is 2.60. The summed E-state index contributed by atoms with van der Waals surface area (Å²) < 4.78 is 7.50. The van der Waals surface area contributed by atoms with E-state index in [1.165, 1.54) is 120 Å². The summed E-state index contributed by atoms with van der Waals surface area (Å²) in [6.45, 7) is 0. The van der Waals surface area contributed by atoms with E-state index in [0.29, 0.717) is 0 Å². The van der Waals surface area contributed by atoms with Crippen molar-refractivity contribution >= 4 is 103 Å². The molecule has 0 aliphatic rings. The van der Waals surface area contributed by atoms with Crippen LogP contribution in [0.3, 0.4) is 0 Å². The van der Waals surface area contributed by atoms with Crippen molar-refractivity contribution in [3.05, 3.63) is 200 Å². The molecule has 0 fully saturated rings. The van der Waals surface area contributed by atoms with Crippen LogP contribution in [0.25, 0.3) is 126 Å². The molecule has 0 radical (unpaired) electrons. The molecule has 0 atom stereocenters. The van der Waals surface area contributed by atoms with E-state index in [2.05, 4.69) is 214 Å². The highest BCUT2D eigenvalue weighted by Gasteiger charge is 2.25. The van der Waals surface area contributed by atoms with Gasteiger partial charge in [-0.15, -0.1) is 0 Å². The number of para-hydroxylation sites is 4. The molecule has 4 heterocycles. The van der Waals surface area contributed by atoms with Crippen LogP contribution < -0.4 is 0 Å². The van der Waals surface area contributed by atoms with Crippen LogP contribution >= 0.6 is 0 Å². The summed E-state index contributed by atoms with van der Waals surface area (Å²) in [5.74, 6) is 0. The zero-order valence-corrected chi connectivity index (χ0v) is 31.9. The van der Waals surface area contributed by atoms with Gasteiger partial charge in [-0.1, -0.05) is 140 Å². The van der Waals surface area contributed by atoms with Gasteiger partial charge < -0.3 is 13.5 Å². The third kappa shape index (κ3) is 4.06. The van der Waals surface area contributed by atoms with E-state index in [4.69, 9.17) is 0 Å². The molecule has 14 aromatic rings. The zero-order valence-electron chi connectivity index (χ0n) is 31.9. The van der Waals surface area contributed by atoms with Crippen molar-refractivity contribution in [2.24, 2.45) is 0 Å². The average molecular weight is 748 g/mol. The lowest BCUT2D eigenvalue weighted by atomic mass is 9.96. The minimum absolute atomic E-state index is 1.16. The molecule has 3 heteroatoms. The lowest BCUT2D eigenvalue weighted by Gasteiger charge is -2.16. The molecule has 14 rings (SSSR count). The van der Waals surface area contributed by atoms with Crippen molar-refractivity contribution in [3.8, 4) is 22.5 Å². The van der Waals surface area contributed by atoms with Gasteiger partial charge in [-0.05, 0) is 87.9 Å². The van der Waals surface area contributed by atoms with Gasteiger partial charge in [-0.3, -0.25) is 0 Å². The number of hydrogen-bond donors (Lipinski definition) is 0. The molecule has 59 heavy (non-hydrogen) atoms. The molecule has 0 spiro atoms. The molecule has 10 aromatic carbocycles. The molecule has 3 nitrogen and oxygen atoms in total. The SMILES string of the molecule is c1ccc(-n2c3ccccc3c3cc(-c4cc(-n5c6c7ccccc7ccc6c6cc7c8ccccc8n8c9ccccc9c(c65)c78)cc5ccccc45)ccc32)cc1. The van der Waals surface area contributed by atoms with Gasteiger partial charge >= 0.3 is 0 Å². The van der Waals surface area contributed by atoms with Crippen molar-refractivity contribution < 1.29 is 0 Å². The number of fused-ring (bicyclic) bond motifs is 16. The summed E-state index contributed by atoms with van der Waals surface area (Å²) in [7, 11) is 0. The molecule has 0 aliphatic heterocycles. The maximum absolute atomic E-state index is 2.60. The van der Waals surface area contributed by atoms with Gasteiger partial charge in [0, 0.05) is 59.9 Å². The van der Waals surface area contributed by atoms with Crippen LogP contribution in [0.15, 0.2) is 200 Å². The maximum Gasteiger partial charge on any atom is 0.0642 e. The van der Waals surface area contributed by atoms with E-state index in [0.717, 1.165) is 5.69 Å². The van der Waals surface area contributed by atoms with Crippen LogP contribution in [0.4, 0.5) is 0 Å². The zero-order chi connectivity index (χ0) is 38.3. The minimum Gasteiger partial charge on any atom is -0.309 e. The Labute approximate surface area is 338 Å². The number of nitrogens with zero attached hydrogens (tertiary/aromatic N) is 3. The summed E-state index contributed by atoms with van der Waals surface area (Å²) in [5.41, 5.74) is 13.4. The molecule has 0 saturated carbocycles. The molecule has 0 aliphatic carbocycles. The van der Waals surface area contributed by atoms with Gasteiger partial charge in [0.15, 0.2) is 0 Å². The van der Waals surface area contributed by atoms with Crippen molar-refractivity contribution in [2.45, 2.75) is 0 Å². The van der Waals surface area contributed by atoms with E-state index in [-0.39, 0.29) is 0 Å². The van der Waals surface area contributed by atoms with Crippen LogP contribution in [-0.4, -0.2) is 13.5 Å². The second-order valence-corrected chi connectivity index (χ2v) is 16.1. The predicted molar refractivity (Wildman–Crippen MR) is 250 cm³/mol. The van der Waals surface area contributed by atoms with Crippen molar-refractivity contribution in [1.29, 1.82) is 0 Å². The minimum atomic E-state index is 1.16. The van der Waals surface area contributed by atoms with E-state index in [1.54, 1.807) is 0 Å². The van der Waals surface area contributed by atoms with Crippen LogP contribution in [0.5, 0.6) is 0 Å². The Balaban J connectivity index is 1.14. The van der Waals surface area contributed by atoms with E-state index in [9.17, 15) is 0 Å². The number of hydrogen-bond acceptors (Lipinski definition) is 0. The van der Waals surface area contributed by atoms with Gasteiger partial charge in [0.2, 0.25) is 0 Å². The van der Waals surface area contributed by atoms with Gasteiger partial charge in [0.1, 0.15) is 0 Å². The van der Waals surface area contributed by atoms with Gasteiger partial charge in [0.05, 0.1) is 38.6 Å². The standard InChI is InChI=1S/C56H33N3/c1-2-16-37(17-3-1)57-49-23-11-8-20-41(49)46-31-36(27-29-52(46)57)45-32-38(30-35-15-5-6-18-39(35)45)58-54-40-19-7-4-14-34(40)26-28-43(54)48-33-47-42-21-9-12-24-50(42)59-51-25-13-10-22-44(51)53(55(48)58)56(47)59/h1-33H. The Morgan fingerprint density at radius 2 is 0.881 bits per heavy atom. The predicted octanol–water partition coefficient (Wildman–Crippen LogP) is 15.0. The molecule has 272 valence electrons. The van der Waals surface area contributed by atoms with E-state index in [1.807, 2.05) is 0 Å². The number of rotatable bonds is 3. The summed E-state index contributed by atoms with van der Waals surface area (Å²) in [6, 6.07) is 74.2. The fraction of sp³-hybridized carbons (Fsp3) is 0. The Morgan fingerprint density at radius 3 is 1.69 bits per heavy atom. The van der Waals surface area contributed by atoms with Crippen LogP contribution in [0, 0.1) is 0 Å². The van der Waals surface area contributed by atoms with Crippen molar-refractivity contribution in [1.82, 2.24) is 13.5 Å². The Bertz CT molecular complexity index is 4070. The Morgan fingerprint density at radius 1 is 0.271 bits per heavy atom. The highest BCUT2D eigenvalue weighted by Crippen LogP contribution is 2.48. The first-order chi connectivity index (χ1) is 29.3. The summed E-state index contributed by atoms with van der Waals surface area (Å²) in [4.78, 5) is 0. The molecular formula is C56H33N3. The lowest BCUT2D eigenvalue weighted by Crippen LogP contribution is -1.97. The van der Waals surface area contributed by atoms with Crippen molar-refractivity contribution in [3.63, 3.8) is 0 Å². The Kier molecular flexibility index (Phi) is 6.02. The fourth-order valence-corrected chi connectivity index (χ4v) is 10.7. The second kappa shape index (κ2) is 11.4. The molecule has 0 amide bonds. The quantitative estimate of drug-likeness (QED) is 0.171. The number of benzene rings is 10. The average Bonchev–Trinajstić information content (AvgIpc) is 4.03. The largest absolute Gasteiger partial charge is 0.309 e. The molecule has 0 unspecified atom stereocenters. The second-order valence-electron chi connectivity index (χ2n) is 16.1. The van der Waals surface area contributed by atoms with E-state index >= 15 is 0 Å². The third-order valence-electron chi connectivity index (χ3n) is 13.1. The molecule has 0 saturated heterocycles. The Hall–Kier alpha value is -7.88. The van der Waals surface area contributed by atoms with Gasteiger partial charge in [-0.2, -0.15) is 0 Å². The summed E-state index contributed by atoms with van der Waals surface area (Å²) in [6.07, 6.45) is 0. The normalized spacial score (nSPS) is 12.4. The molecule has 0 bridgehead atoms. The summed E-state index contributed by atoms with van der Waals surface area (Å²) in [5, 5.41) is 15.2. The van der Waals surface area contributed by atoms with Crippen LogP contribution in [0.2, 0.25) is 0 Å². The van der Waals surface area contributed by atoms with Crippen molar-refractivity contribution in [2.75, 3.05) is 0 Å².